The van der Waals surface area contributed by atoms with Gasteiger partial charge in [-0.1, -0.05) is 0 Å². The number of nitrogens with one attached hydrogen (secondary N) is 2. The van der Waals surface area contributed by atoms with Gasteiger partial charge in [-0.2, -0.15) is 0 Å². The molecule has 0 spiro atoms. The largest absolute Gasteiger partial charge is 0.302 e. The predicted molar refractivity (Wildman–Crippen MR) is 46.8 cm³/mol. The van der Waals surface area contributed by atoms with Crippen molar-refractivity contribution >= 4 is 5.71 Å². The number of hydrogen-bond donors (Lipinski definition) is 2. The molecule has 0 amide bonds. The number of aromatic nitrogens is 2. The fraction of sp³-hybridized carbons (Fsp3) is 0.500. The summed E-state index contributed by atoms with van der Waals surface area (Å²) >= 11 is 0. The highest BCUT2D eigenvalue weighted by atomic mass is 16.1. The first-order valence-electron chi connectivity index (χ1n) is 4.10. The molecule has 4 heteroatoms. The van der Waals surface area contributed by atoms with Crippen molar-refractivity contribution in [1.82, 2.24) is 10.2 Å². The van der Waals surface area contributed by atoms with Gasteiger partial charge in [0.15, 0.2) is 0 Å². The minimum absolute atomic E-state index is 0.0480. The Morgan fingerprint density at radius 2 is 2.25 bits per heavy atom. The van der Waals surface area contributed by atoms with Crippen molar-refractivity contribution in [2.45, 2.75) is 19.8 Å². The minimum atomic E-state index is -0.0480. The summed E-state index contributed by atoms with van der Waals surface area (Å²) in [6.07, 6.45) is 2.00. The van der Waals surface area contributed by atoms with Gasteiger partial charge in [0.2, 0.25) is 0 Å². The SMILES string of the molecule is Cc1[nH][nH]c(=O)c1C1=NCCC1. The Kier molecular flexibility index (Phi) is 1.60. The number of rotatable bonds is 1. The molecule has 0 radical (unpaired) electrons. The predicted octanol–water partition coefficient (Wildman–Crippen LogP) is 0.594. The Bertz CT molecular complexity index is 372. The van der Waals surface area contributed by atoms with E-state index in [1.54, 1.807) is 0 Å². The topological polar surface area (TPSA) is 61.0 Å². The van der Waals surface area contributed by atoms with Crippen LogP contribution in [0.4, 0.5) is 0 Å². The van der Waals surface area contributed by atoms with Gasteiger partial charge in [-0.25, -0.2) is 0 Å². The quantitative estimate of drug-likeness (QED) is 0.628. The highest BCUT2D eigenvalue weighted by Crippen LogP contribution is 2.11. The van der Waals surface area contributed by atoms with E-state index in [2.05, 4.69) is 15.2 Å². The molecule has 0 unspecified atom stereocenters. The van der Waals surface area contributed by atoms with Crippen LogP contribution in [0.2, 0.25) is 0 Å². The van der Waals surface area contributed by atoms with Crippen LogP contribution in [0.1, 0.15) is 24.1 Å². The van der Waals surface area contributed by atoms with E-state index in [-0.39, 0.29) is 5.56 Å². The van der Waals surface area contributed by atoms with Crippen LogP contribution in [-0.2, 0) is 0 Å². The van der Waals surface area contributed by atoms with Gasteiger partial charge in [-0.3, -0.25) is 14.9 Å². The zero-order chi connectivity index (χ0) is 8.55. The fourth-order valence-electron chi connectivity index (χ4n) is 1.54. The summed E-state index contributed by atoms with van der Waals surface area (Å²) in [4.78, 5) is 15.5. The van der Waals surface area contributed by atoms with Gasteiger partial charge in [0.25, 0.3) is 5.56 Å². The lowest BCUT2D eigenvalue weighted by atomic mass is 10.1. The van der Waals surface area contributed by atoms with E-state index < -0.39 is 0 Å². The zero-order valence-corrected chi connectivity index (χ0v) is 6.98. The monoisotopic (exact) mass is 165 g/mol. The number of H-pyrrole nitrogens is 2. The van der Waals surface area contributed by atoms with Gasteiger partial charge in [0, 0.05) is 18.0 Å². The molecule has 1 aromatic heterocycles. The number of nitrogens with zero attached hydrogens (tertiary/aromatic N) is 1. The van der Waals surface area contributed by atoms with Gasteiger partial charge in [-0.05, 0) is 19.8 Å². The van der Waals surface area contributed by atoms with Crippen LogP contribution in [0, 0.1) is 6.92 Å². The van der Waals surface area contributed by atoms with Crippen LogP contribution in [-0.4, -0.2) is 22.5 Å². The molecule has 64 valence electrons. The van der Waals surface area contributed by atoms with Crippen molar-refractivity contribution < 1.29 is 0 Å². The average Bonchev–Trinajstić information content (AvgIpc) is 2.61. The molecule has 2 heterocycles. The first-order valence-corrected chi connectivity index (χ1v) is 4.10. The molecule has 0 fully saturated rings. The van der Waals surface area contributed by atoms with Crippen molar-refractivity contribution in [2.24, 2.45) is 4.99 Å². The lowest BCUT2D eigenvalue weighted by molar-refractivity contribution is 0.951. The molecule has 0 bridgehead atoms. The van der Waals surface area contributed by atoms with E-state index in [4.69, 9.17) is 0 Å². The summed E-state index contributed by atoms with van der Waals surface area (Å²) in [5.74, 6) is 0. The number of aryl methyl sites for hydroxylation is 1. The Morgan fingerprint density at radius 3 is 2.75 bits per heavy atom. The molecule has 0 saturated carbocycles. The third-order valence-corrected chi connectivity index (χ3v) is 2.13. The summed E-state index contributed by atoms with van der Waals surface area (Å²) in [6.45, 7) is 2.74. The molecule has 12 heavy (non-hydrogen) atoms. The number of hydrogen-bond acceptors (Lipinski definition) is 2. The zero-order valence-electron chi connectivity index (χ0n) is 6.98. The number of aliphatic imine (C=N–C) groups is 1. The molecule has 0 aromatic carbocycles. The van der Waals surface area contributed by atoms with Gasteiger partial charge in [0.1, 0.15) is 0 Å². The molecule has 1 aliphatic heterocycles. The van der Waals surface area contributed by atoms with E-state index in [0.717, 1.165) is 36.4 Å². The molecule has 2 rings (SSSR count). The molecule has 1 aromatic rings. The van der Waals surface area contributed by atoms with Crippen molar-refractivity contribution in [3.05, 3.63) is 21.6 Å². The van der Waals surface area contributed by atoms with E-state index in [9.17, 15) is 4.79 Å². The van der Waals surface area contributed by atoms with Crippen LogP contribution in [0.5, 0.6) is 0 Å². The summed E-state index contributed by atoms with van der Waals surface area (Å²) in [7, 11) is 0. The highest BCUT2D eigenvalue weighted by molar-refractivity contribution is 6.02. The maximum absolute atomic E-state index is 11.3. The molecule has 0 aliphatic carbocycles. The van der Waals surface area contributed by atoms with E-state index >= 15 is 0 Å². The maximum atomic E-state index is 11.3. The molecular formula is C8H11N3O. The Labute approximate surface area is 69.7 Å². The van der Waals surface area contributed by atoms with Crippen molar-refractivity contribution in [3.63, 3.8) is 0 Å². The van der Waals surface area contributed by atoms with Crippen LogP contribution < -0.4 is 5.56 Å². The van der Waals surface area contributed by atoms with E-state index in [0.29, 0.717) is 0 Å². The lowest BCUT2D eigenvalue weighted by Gasteiger charge is -1.94. The van der Waals surface area contributed by atoms with Gasteiger partial charge < -0.3 is 5.10 Å². The van der Waals surface area contributed by atoms with Crippen molar-refractivity contribution in [1.29, 1.82) is 0 Å². The smallest absolute Gasteiger partial charge is 0.273 e. The first kappa shape index (κ1) is 7.34. The van der Waals surface area contributed by atoms with Crippen LogP contribution in [0.3, 0.4) is 0 Å². The first-order chi connectivity index (χ1) is 5.79. The van der Waals surface area contributed by atoms with Gasteiger partial charge in [-0.15, -0.1) is 0 Å². The summed E-state index contributed by atoms with van der Waals surface area (Å²) in [6, 6.07) is 0. The fourth-order valence-corrected chi connectivity index (χ4v) is 1.54. The minimum Gasteiger partial charge on any atom is -0.302 e. The second-order valence-corrected chi connectivity index (χ2v) is 3.01. The van der Waals surface area contributed by atoms with Crippen LogP contribution in [0.25, 0.3) is 0 Å². The normalized spacial score (nSPS) is 16.6. The van der Waals surface area contributed by atoms with Gasteiger partial charge >= 0.3 is 0 Å². The van der Waals surface area contributed by atoms with Gasteiger partial charge in [0.05, 0.1) is 5.56 Å². The Balaban J connectivity index is 2.51. The maximum Gasteiger partial charge on any atom is 0.273 e. The summed E-state index contributed by atoms with van der Waals surface area (Å²) < 4.78 is 0. The summed E-state index contributed by atoms with van der Waals surface area (Å²) in [5, 5.41) is 5.35. The molecule has 4 nitrogen and oxygen atoms in total. The molecule has 1 aliphatic rings. The van der Waals surface area contributed by atoms with Crippen molar-refractivity contribution in [3.8, 4) is 0 Å². The highest BCUT2D eigenvalue weighted by Gasteiger charge is 2.15. The van der Waals surface area contributed by atoms with Crippen molar-refractivity contribution in [2.75, 3.05) is 6.54 Å². The summed E-state index contributed by atoms with van der Waals surface area (Å²) in [5.41, 5.74) is 2.54. The average molecular weight is 165 g/mol. The second-order valence-electron chi connectivity index (χ2n) is 3.01. The molecule has 0 atom stereocenters. The number of aromatic amines is 2. The van der Waals surface area contributed by atoms with Crippen LogP contribution >= 0.6 is 0 Å². The third kappa shape index (κ3) is 0.995. The Hall–Kier alpha value is -1.32. The molecular weight excluding hydrogens is 154 g/mol. The third-order valence-electron chi connectivity index (χ3n) is 2.13. The lowest BCUT2D eigenvalue weighted by Crippen LogP contribution is -2.12. The standard InChI is InChI=1S/C8H11N3O/c1-5-7(8(12)11-10-5)6-3-2-4-9-6/h2-4H2,1H3,(H2,10,11,12). The second kappa shape index (κ2) is 2.62. The van der Waals surface area contributed by atoms with E-state index in [1.165, 1.54) is 0 Å². The van der Waals surface area contributed by atoms with Crippen LogP contribution in [0.15, 0.2) is 9.79 Å². The molecule has 2 N–H and O–H groups in total. The Morgan fingerprint density at radius 1 is 1.42 bits per heavy atom. The van der Waals surface area contributed by atoms with E-state index in [1.807, 2.05) is 6.92 Å². The molecule has 0 saturated heterocycles.